The van der Waals surface area contributed by atoms with Crippen molar-refractivity contribution in [2.75, 3.05) is 0 Å². The topological polar surface area (TPSA) is 112 Å². The van der Waals surface area contributed by atoms with Crippen LogP contribution in [-0.2, 0) is 0 Å². The minimum absolute atomic E-state index is 0. The van der Waals surface area contributed by atoms with Crippen molar-refractivity contribution in [3.8, 4) is 0 Å². The molecule has 0 amide bonds. The van der Waals surface area contributed by atoms with Gasteiger partial charge in [-0.2, -0.15) is 0 Å². The second-order valence-electron chi connectivity index (χ2n) is 5.01. The van der Waals surface area contributed by atoms with Crippen LogP contribution in [0, 0.1) is 0 Å². The van der Waals surface area contributed by atoms with Gasteiger partial charge in [-0.3, -0.25) is 0 Å². The molecule has 0 saturated carbocycles. The molecule has 0 saturated heterocycles. The Hall–Kier alpha value is -2.67. The fraction of sp³-hybridized carbons (Fsp3) is 0. The van der Waals surface area contributed by atoms with E-state index in [2.05, 4.69) is 0 Å². The number of hydrogen-bond acceptors (Lipinski definition) is 3. The zero-order valence-electron chi connectivity index (χ0n) is 16.9. The minimum Gasteiger partial charge on any atom is -1.00 e. The maximum Gasteiger partial charge on any atom is 2.00 e. The second-order valence-corrected chi connectivity index (χ2v) is 5.01. The van der Waals surface area contributed by atoms with Crippen LogP contribution in [0.5, 0.6) is 0 Å². The number of carboxylic acids is 3. The Kier molecular flexibility index (Phi) is 13.0. The Balaban J connectivity index is -0.000000347. The van der Waals surface area contributed by atoms with Gasteiger partial charge in [0.2, 0.25) is 0 Å². The number of aromatic carboxylic acids is 3. The third kappa shape index (κ3) is 10.5. The summed E-state index contributed by atoms with van der Waals surface area (Å²) in [6.07, 6.45) is 0. The summed E-state index contributed by atoms with van der Waals surface area (Å²) in [5.74, 6) is -2.64. The quantitative estimate of drug-likeness (QED) is 0.565. The van der Waals surface area contributed by atoms with Crippen LogP contribution in [0.15, 0.2) is 91.0 Å². The molecule has 0 heterocycles. The van der Waals surface area contributed by atoms with E-state index in [0.717, 1.165) is 0 Å². The van der Waals surface area contributed by atoms with Crippen molar-refractivity contribution in [1.29, 1.82) is 0 Å². The van der Waals surface area contributed by atoms with Gasteiger partial charge < -0.3 is 18.2 Å². The van der Waals surface area contributed by atoms with Crippen LogP contribution in [0.4, 0.5) is 0 Å². The van der Waals surface area contributed by atoms with Crippen LogP contribution in [0.25, 0.3) is 0 Å². The number of benzene rings is 3. The third-order valence-electron chi connectivity index (χ3n) is 3.06. The molecule has 6 nitrogen and oxygen atoms in total. The standard InChI is InChI=1S/3C7H6O2.Ca.2H/c3*8-7(9)6-4-2-1-3-5-6;;;/h3*1-5H,(H,8,9);;;/q;;;+2;2*-1. The Morgan fingerprint density at radius 1 is 0.464 bits per heavy atom. The number of carboxylic acid groups (broad SMARTS) is 3. The molecular formula is C21H20CaO6. The smallest absolute Gasteiger partial charge is 1.00 e. The van der Waals surface area contributed by atoms with Crippen LogP contribution >= 0.6 is 0 Å². The van der Waals surface area contributed by atoms with Crippen LogP contribution in [0.1, 0.15) is 33.9 Å². The summed E-state index contributed by atoms with van der Waals surface area (Å²) in [5.41, 5.74) is 0.993. The SMILES string of the molecule is O=C(O)c1ccccc1.O=C(O)c1ccccc1.O=C(O)c1ccccc1.[Ca+2].[H-].[H-]. The van der Waals surface area contributed by atoms with Crippen LogP contribution in [0.3, 0.4) is 0 Å². The van der Waals surface area contributed by atoms with Crippen LogP contribution in [0.2, 0.25) is 0 Å². The van der Waals surface area contributed by atoms with Gasteiger partial charge in [-0.05, 0) is 36.4 Å². The molecule has 3 N–H and O–H groups in total. The van der Waals surface area contributed by atoms with E-state index in [0.29, 0.717) is 16.7 Å². The third-order valence-corrected chi connectivity index (χ3v) is 3.06. The van der Waals surface area contributed by atoms with Crippen LogP contribution < -0.4 is 0 Å². The van der Waals surface area contributed by atoms with Gasteiger partial charge in [0, 0.05) is 0 Å². The molecule has 3 aromatic carbocycles. The van der Waals surface area contributed by atoms with Crippen molar-refractivity contribution in [2.45, 2.75) is 0 Å². The van der Waals surface area contributed by atoms with Crippen molar-refractivity contribution in [3.05, 3.63) is 108 Å². The predicted molar refractivity (Wildman–Crippen MR) is 108 cm³/mol. The zero-order valence-corrected chi connectivity index (χ0v) is 17.1. The normalized spacial score (nSPS) is 8.57. The first kappa shape index (κ1) is 25.3. The van der Waals surface area contributed by atoms with Crippen molar-refractivity contribution >= 4 is 55.6 Å². The second kappa shape index (κ2) is 14.4. The van der Waals surface area contributed by atoms with Gasteiger partial charge >= 0.3 is 55.6 Å². The van der Waals surface area contributed by atoms with Gasteiger partial charge in [-0.25, -0.2) is 14.4 Å². The molecule has 0 bridgehead atoms. The van der Waals surface area contributed by atoms with Gasteiger partial charge in [0.1, 0.15) is 0 Å². The first-order chi connectivity index (χ1) is 12.9. The van der Waals surface area contributed by atoms with Gasteiger partial charge in [0.25, 0.3) is 0 Å². The summed E-state index contributed by atoms with van der Waals surface area (Å²) in [6.45, 7) is 0. The number of hydrogen-bond donors (Lipinski definition) is 3. The van der Waals surface area contributed by atoms with Crippen LogP contribution in [-0.4, -0.2) is 71.0 Å². The summed E-state index contributed by atoms with van der Waals surface area (Å²) < 4.78 is 0. The van der Waals surface area contributed by atoms with E-state index in [1.165, 1.54) is 0 Å². The van der Waals surface area contributed by atoms with Gasteiger partial charge in [0.05, 0.1) is 16.7 Å². The van der Waals surface area contributed by atoms with E-state index in [-0.39, 0.29) is 40.6 Å². The molecular weight excluding hydrogens is 388 g/mol. The fourth-order valence-electron chi connectivity index (χ4n) is 1.74. The van der Waals surface area contributed by atoms with Crippen molar-refractivity contribution in [3.63, 3.8) is 0 Å². The zero-order chi connectivity index (χ0) is 20.1. The molecule has 0 aliphatic heterocycles. The number of carbonyl (C=O) groups is 3. The summed E-state index contributed by atoms with van der Waals surface area (Å²) in [7, 11) is 0. The Morgan fingerprint density at radius 2 is 0.643 bits per heavy atom. The molecule has 0 aliphatic carbocycles. The van der Waals surface area contributed by atoms with E-state index in [4.69, 9.17) is 15.3 Å². The Morgan fingerprint density at radius 3 is 0.750 bits per heavy atom. The molecule has 0 fully saturated rings. The van der Waals surface area contributed by atoms with E-state index < -0.39 is 17.9 Å². The minimum atomic E-state index is -0.879. The largest absolute Gasteiger partial charge is 2.00 e. The van der Waals surface area contributed by atoms with E-state index >= 15 is 0 Å². The molecule has 0 spiro atoms. The Bertz CT molecular complexity index is 745. The molecule has 7 heteroatoms. The molecule has 0 aromatic heterocycles. The first-order valence-corrected chi connectivity index (χ1v) is 7.77. The maximum atomic E-state index is 10.2. The van der Waals surface area contributed by atoms with Crippen molar-refractivity contribution in [2.24, 2.45) is 0 Å². The van der Waals surface area contributed by atoms with E-state index in [1.54, 1.807) is 91.0 Å². The molecule has 0 radical (unpaired) electrons. The monoisotopic (exact) mass is 408 g/mol. The summed E-state index contributed by atoms with van der Waals surface area (Å²) in [4.78, 5) is 30.6. The predicted octanol–water partition coefficient (Wildman–Crippen LogP) is 4.00. The summed E-state index contributed by atoms with van der Waals surface area (Å²) in [6, 6.07) is 24.9. The molecule has 3 aromatic rings. The molecule has 142 valence electrons. The first-order valence-electron chi connectivity index (χ1n) is 7.77. The molecule has 3 rings (SSSR count). The van der Waals surface area contributed by atoms with Crippen molar-refractivity contribution < 1.29 is 32.6 Å². The summed E-state index contributed by atoms with van der Waals surface area (Å²) >= 11 is 0. The average molecular weight is 408 g/mol. The number of rotatable bonds is 3. The molecule has 0 aliphatic rings. The molecule has 0 atom stereocenters. The summed E-state index contributed by atoms with van der Waals surface area (Å²) in [5, 5.41) is 25.2. The van der Waals surface area contributed by atoms with Gasteiger partial charge in [0.15, 0.2) is 0 Å². The Labute approximate surface area is 195 Å². The van der Waals surface area contributed by atoms with E-state index in [1.807, 2.05) is 0 Å². The maximum absolute atomic E-state index is 10.2. The average Bonchev–Trinajstić information content (AvgIpc) is 2.71. The van der Waals surface area contributed by atoms with Gasteiger partial charge in [-0.15, -0.1) is 0 Å². The van der Waals surface area contributed by atoms with Crippen molar-refractivity contribution in [1.82, 2.24) is 0 Å². The molecule has 0 unspecified atom stereocenters. The molecule has 28 heavy (non-hydrogen) atoms. The van der Waals surface area contributed by atoms with E-state index in [9.17, 15) is 14.4 Å². The fourth-order valence-corrected chi connectivity index (χ4v) is 1.74. The van der Waals surface area contributed by atoms with Gasteiger partial charge in [-0.1, -0.05) is 54.6 Å².